The Balaban J connectivity index is 1.66. The summed E-state index contributed by atoms with van der Waals surface area (Å²) in [7, 11) is 0. The Labute approximate surface area is 152 Å². The molecule has 0 heterocycles. The smallest absolute Gasteiger partial charge is 0.125 e. The van der Waals surface area contributed by atoms with E-state index in [2.05, 4.69) is 25.8 Å². The third kappa shape index (κ3) is 2.38. The number of fused-ring (bicyclic) bond motifs is 5. The molecular weight excluding hydrogens is 311 g/mol. The van der Waals surface area contributed by atoms with E-state index in [0.29, 0.717) is 24.2 Å². The van der Waals surface area contributed by atoms with E-state index in [1.54, 1.807) is 0 Å². The molecule has 4 rings (SSSR count). The third-order valence-corrected chi connectivity index (χ3v) is 9.01. The number of rotatable bonds is 1. The highest BCUT2D eigenvalue weighted by Gasteiger charge is 2.61. The van der Waals surface area contributed by atoms with Crippen LogP contribution >= 0.6 is 0 Å². The highest BCUT2D eigenvalue weighted by molar-refractivity contribution is 5.26. The Hall–Kier alpha value is -0.810. The molecule has 1 N–H and O–H groups in total. The molecule has 0 bridgehead atoms. The molecule has 3 saturated carbocycles. The number of hydrogen-bond acceptors (Lipinski definition) is 1. The van der Waals surface area contributed by atoms with Crippen molar-refractivity contribution in [3.63, 3.8) is 0 Å². The van der Waals surface area contributed by atoms with Crippen LogP contribution in [0.1, 0.15) is 72.1 Å². The van der Waals surface area contributed by atoms with Crippen molar-refractivity contribution in [2.75, 3.05) is 0 Å². The van der Waals surface area contributed by atoms with Gasteiger partial charge in [-0.25, -0.2) is 4.39 Å². The Kier molecular flexibility index (Phi) is 3.94. The van der Waals surface area contributed by atoms with E-state index < -0.39 is 11.8 Å². The van der Waals surface area contributed by atoms with E-state index in [1.165, 1.54) is 18.4 Å². The second-order valence-electron chi connectivity index (χ2n) is 10.1. The van der Waals surface area contributed by atoms with Gasteiger partial charge < -0.3 is 5.11 Å². The molecule has 1 nitrogen and oxygen atoms in total. The second-order valence-corrected chi connectivity index (χ2v) is 10.1. The summed E-state index contributed by atoms with van der Waals surface area (Å²) in [5.41, 5.74) is 0.763. The minimum absolute atomic E-state index is 0.149. The zero-order valence-electron chi connectivity index (χ0n) is 16.0. The summed E-state index contributed by atoms with van der Waals surface area (Å²) in [6.07, 6.45) is 15.5. The molecule has 25 heavy (non-hydrogen) atoms. The van der Waals surface area contributed by atoms with Gasteiger partial charge in [-0.05, 0) is 80.5 Å². The van der Waals surface area contributed by atoms with Crippen LogP contribution in [0, 0.1) is 46.8 Å². The van der Waals surface area contributed by atoms with Gasteiger partial charge in [0.1, 0.15) is 11.8 Å². The molecule has 3 fully saturated rings. The molecule has 0 spiro atoms. The lowest BCUT2D eigenvalue weighted by Crippen LogP contribution is -2.52. The summed E-state index contributed by atoms with van der Waals surface area (Å²) >= 11 is 0. The fourth-order valence-corrected chi connectivity index (χ4v) is 7.64. The zero-order valence-corrected chi connectivity index (χ0v) is 16.0. The summed E-state index contributed by atoms with van der Waals surface area (Å²) in [5, 5.41) is 10.8. The molecular formula is C23H33FO. The van der Waals surface area contributed by atoms with Gasteiger partial charge in [0.05, 0.1) is 0 Å². The molecule has 4 aliphatic carbocycles. The van der Waals surface area contributed by atoms with Crippen molar-refractivity contribution < 1.29 is 9.50 Å². The fraction of sp³-hybridized carbons (Fsp3) is 0.826. The number of aliphatic hydroxyl groups is 1. The summed E-state index contributed by atoms with van der Waals surface area (Å²) in [5.74, 6) is 4.89. The Morgan fingerprint density at radius 1 is 1.20 bits per heavy atom. The van der Waals surface area contributed by atoms with Gasteiger partial charge in [0.15, 0.2) is 0 Å². The maximum atomic E-state index is 14.0. The zero-order chi connectivity index (χ0) is 18.0. The van der Waals surface area contributed by atoms with E-state index in [4.69, 9.17) is 6.42 Å². The number of halogens is 1. The Morgan fingerprint density at radius 3 is 2.68 bits per heavy atom. The minimum atomic E-state index is -0.998. The molecule has 0 radical (unpaired) electrons. The molecule has 2 heteroatoms. The van der Waals surface area contributed by atoms with Crippen molar-refractivity contribution in [2.45, 2.75) is 83.9 Å². The van der Waals surface area contributed by atoms with Crippen molar-refractivity contribution in [3.05, 3.63) is 11.6 Å². The van der Waals surface area contributed by atoms with Crippen molar-refractivity contribution in [1.29, 1.82) is 0 Å². The molecule has 8 atom stereocenters. The van der Waals surface area contributed by atoms with Gasteiger partial charge in [-0.3, -0.25) is 0 Å². The highest BCUT2D eigenvalue weighted by atomic mass is 19.1. The molecule has 0 aromatic heterocycles. The van der Waals surface area contributed by atoms with Gasteiger partial charge in [-0.1, -0.05) is 31.4 Å². The highest BCUT2D eigenvalue weighted by Crippen LogP contribution is 2.67. The van der Waals surface area contributed by atoms with Crippen LogP contribution in [0.15, 0.2) is 11.6 Å². The van der Waals surface area contributed by atoms with E-state index in [1.807, 2.05) is 6.92 Å². The lowest BCUT2D eigenvalue weighted by atomic mass is 9.47. The molecule has 0 aromatic carbocycles. The first-order chi connectivity index (χ1) is 11.7. The fourth-order valence-electron chi connectivity index (χ4n) is 7.64. The third-order valence-electron chi connectivity index (χ3n) is 9.01. The van der Waals surface area contributed by atoms with Crippen LogP contribution in [0.5, 0.6) is 0 Å². The van der Waals surface area contributed by atoms with Crippen molar-refractivity contribution in [3.8, 4) is 12.3 Å². The Morgan fingerprint density at radius 2 is 1.96 bits per heavy atom. The largest absolute Gasteiger partial charge is 0.378 e. The first-order valence-electron chi connectivity index (χ1n) is 10.3. The molecule has 0 saturated heterocycles. The monoisotopic (exact) mass is 344 g/mol. The molecule has 0 aliphatic heterocycles. The number of terminal acetylenes is 1. The maximum Gasteiger partial charge on any atom is 0.125 e. The molecule has 4 aliphatic rings. The van der Waals surface area contributed by atoms with Crippen LogP contribution in [0.3, 0.4) is 0 Å². The van der Waals surface area contributed by atoms with E-state index >= 15 is 0 Å². The van der Waals surface area contributed by atoms with E-state index in [-0.39, 0.29) is 16.7 Å². The number of allylic oxidation sites excluding steroid dienone is 2. The van der Waals surface area contributed by atoms with Crippen LogP contribution in [-0.2, 0) is 0 Å². The molecule has 8 unspecified atom stereocenters. The van der Waals surface area contributed by atoms with Crippen LogP contribution in [0.4, 0.5) is 4.39 Å². The average molecular weight is 345 g/mol. The summed E-state index contributed by atoms with van der Waals surface area (Å²) in [4.78, 5) is 0. The van der Waals surface area contributed by atoms with Crippen LogP contribution < -0.4 is 0 Å². The SMILES string of the molecule is C#CC(C)(O)C1CCC2C3CC=C4CC(F)CCC4(C)C3CCC21C. The van der Waals surface area contributed by atoms with Gasteiger partial charge in [-0.2, -0.15) is 0 Å². The van der Waals surface area contributed by atoms with Gasteiger partial charge >= 0.3 is 0 Å². The number of alkyl halides is 1. The summed E-state index contributed by atoms with van der Waals surface area (Å²) < 4.78 is 14.0. The summed E-state index contributed by atoms with van der Waals surface area (Å²) in [6, 6.07) is 0. The first kappa shape index (κ1) is 17.6. The van der Waals surface area contributed by atoms with Crippen LogP contribution in [0.2, 0.25) is 0 Å². The van der Waals surface area contributed by atoms with Gasteiger partial charge in [0, 0.05) is 12.3 Å². The lowest BCUT2D eigenvalue weighted by molar-refractivity contribution is -0.0808. The molecule has 138 valence electrons. The Bertz CT molecular complexity index is 628. The van der Waals surface area contributed by atoms with Crippen LogP contribution in [-0.4, -0.2) is 16.9 Å². The standard InChI is InChI=1S/C23H33FO/c1-5-23(4,25)20-9-8-18-17-7-6-15-14-16(24)10-12-21(15,2)19(17)11-13-22(18,20)3/h1,6,16-20,25H,7-14H2,2-4H3. The second kappa shape index (κ2) is 5.59. The quantitative estimate of drug-likeness (QED) is 0.506. The maximum absolute atomic E-state index is 14.0. The topological polar surface area (TPSA) is 20.2 Å². The predicted octanol–water partition coefficient (Wildman–Crippen LogP) is 5.29. The molecule has 0 aromatic rings. The predicted molar refractivity (Wildman–Crippen MR) is 99.5 cm³/mol. The number of hydrogen-bond donors (Lipinski definition) is 1. The van der Waals surface area contributed by atoms with Gasteiger partial charge in [0.25, 0.3) is 0 Å². The lowest BCUT2D eigenvalue weighted by Gasteiger charge is -2.58. The van der Waals surface area contributed by atoms with Crippen molar-refractivity contribution in [2.24, 2.45) is 34.5 Å². The molecule has 0 amide bonds. The van der Waals surface area contributed by atoms with E-state index in [0.717, 1.165) is 32.1 Å². The van der Waals surface area contributed by atoms with Crippen molar-refractivity contribution in [1.82, 2.24) is 0 Å². The van der Waals surface area contributed by atoms with Gasteiger partial charge in [0.2, 0.25) is 0 Å². The minimum Gasteiger partial charge on any atom is -0.378 e. The summed E-state index contributed by atoms with van der Waals surface area (Å²) in [6.45, 7) is 6.63. The normalized spacial score (nSPS) is 51.4. The van der Waals surface area contributed by atoms with Crippen molar-refractivity contribution >= 4 is 0 Å². The van der Waals surface area contributed by atoms with E-state index in [9.17, 15) is 9.50 Å². The van der Waals surface area contributed by atoms with Crippen LogP contribution in [0.25, 0.3) is 0 Å². The average Bonchev–Trinajstić information content (AvgIpc) is 2.93. The van der Waals surface area contributed by atoms with Gasteiger partial charge in [-0.15, -0.1) is 6.42 Å². The first-order valence-corrected chi connectivity index (χ1v) is 10.3.